The van der Waals surface area contributed by atoms with E-state index < -0.39 is 24.1 Å². The SMILES string of the molecule is C/C=C/[C@](C)(OCC1=NC(C)(C)CO1)[C@@H](OCOC)[C@H]1O[C@H](OC)[C@@H](C)[C@@H]1OCc1ccccc1. The predicted octanol–water partition coefficient (Wildman–Crippen LogP) is 4.13. The lowest BCUT2D eigenvalue weighted by atomic mass is 9.88. The highest BCUT2D eigenvalue weighted by molar-refractivity contribution is 5.79. The van der Waals surface area contributed by atoms with Crippen molar-refractivity contribution in [2.45, 2.75) is 77.0 Å². The fourth-order valence-electron chi connectivity index (χ4n) is 4.57. The Morgan fingerprint density at radius 3 is 2.54 bits per heavy atom. The fraction of sp³-hybridized carbons (Fsp3) is 0.667. The Morgan fingerprint density at radius 2 is 1.94 bits per heavy atom. The van der Waals surface area contributed by atoms with E-state index in [0.29, 0.717) is 19.1 Å². The lowest BCUT2D eigenvalue weighted by Gasteiger charge is -2.39. The first kappa shape index (κ1) is 27.8. The molecule has 35 heavy (non-hydrogen) atoms. The van der Waals surface area contributed by atoms with Gasteiger partial charge in [-0.2, -0.15) is 0 Å². The smallest absolute Gasteiger partial charge is 0.210 e. The van der Waals surface area contributed by atoms with Gasteiger partial charge in [-0.15, -0.1) is 0 Å². The molecule has 1 aromatic rings. The van der Waals surface area contributed by atoms with Crippen LogP contribution >= 0.6 is 0 Å². The van der Waals surface area contributed by atoms with Gasteiger partial charge in [0.1, 0.15) is 37.8 Å². The molecular formula is C27H41NO7. The average molecular weight is 492 g/mol. The molecule has 0 radical (unpaired) electrons. The maximum absolute atomic E-state index is 6.43. The van der Waals surface area contributed by atoms with Crippen LogP contribution in [0.4, 0.5) is 0 Å². The summed E-state index contributed by atoms with van der Waals surface area (Å²) >= 11 is 0. The summed E-state index contributed by atoms with van der Waals surface area (Å²) in [5.41, 5.74) is -0.0545. The van der Waals surface area contributed by atoms with Crippen molar-refractivity contribution in [1.82, 2.24) is 0 Å². The normalized spacial score (nSPS) is 28.6. The van der Waals surface area contributed by atoms with Gasteiger partial charge in [0.2, 0.25) is 5.90 Å². The van der Waals surface area contributed by atoms with Gasteiger partial charge >= 0.3 is 0 Å². The highest BCUT2D eigenvalue weighted by atomic mass is 16.7. The van der Waals surface area contributed by atoms with Crippen molar-refractivity contribution in [3.8, 4) is 0 Å². The second-order valence-electron chi connectivity index (χ2n) is 9.90. The third-order valence-electron chi connectivity index (χ3n) is 6.33. The standard InChI is InChI=1S/C27H41NO7/c1-8-14-27(5,34-16-21-28-26(3,4)17-32-21)24(33-18-29-6)23-22(19(2)25(30-7)35-23)31-15-20-12-10-9-11-13-20/h8-14,19,22-25H,15-18H2,1-7H3/b14-8+/t19-,22-,23-,24-,25-,27-/m0/s1. The van der Waals surface area contributed by atoms with Gasteiger partial charge in [0.25, 0.3) is 0 Å². The lowest BCUT2D eigenvalue weighted by Crippen LogP contribution is -2.54. The topological polar surface area (TPSA) is 77.0 Å². The summed E-state index contributed by atoms with van der Waals surface area (Å²) in [5.74, 6) is 0.545. The third-order valence-corrected chi connectivity index (χ3v) is 6.33. The van der Waals surface area contributed by atoms with Crippen LogP contribution in [0.15, 0.2) is 47.5 Å². The second kappa shape index (κ2) is 12.4. The highest BCUT2D eigenvalue weighted by Crippen LogP contribution is 2.38. The van der Waals surface area contributed by atoms with Gasteiger partial charge in [-0.3, -0.25) is 0 Å². The lowest BCUT2D eigenvalue weighted by molar-refractivity contribution is -0.221. The van der Waals surface area contributed by atoms with E-state index in [1.807, 2.05) is 70.2 Å². The number of ether oxygens (including phenoxy) is 7. The molecule has 0 N–H and O–H groups in total. The van der Waals surface area contributed by atoms with Crippen molar-refractivity contribution < 1.29 is 33.2 Å². The molecule has 6 atom stereocenters. The molecule has 0 amide bonds. The third kappa shape index (κ3) is 7.12. The summed E-state index contributed by atoms with van der Waals surface area (Å²) in [7, 11) is 3.23. The van der Waals surface area contributed by atoms with Crippen molar-refractivity contribution in [2.75, 3.05) is 34.2 Å². The van der Waals surface area contributed by atoms with Gasteiger partial charge in [0, 0.05) is 20.1 Å². The number of rotatable bonds is 13. The molecule has 0 saturated carbocycles. The van der Waals surface area contributed by atoms with Crippen LogP contribution in [0.3, 0.4) is 0 Å². The maximum atomic E-state index is 6.43. The van der Waals surface area contributed by atoms with Crippen LogP contribution in [-0.2, 0) is 39.8 Å². The van der Waals surface area contributed by atoms with Crippen LogP contribution in [0, 0.1) is 5.92 Å². The zero-order chi connectivity index (χ0) is 25.5. The number of aliphatic imine (C=N–C) groups is 1. The Balaban J connectivity index is 1.85. The molecular weight excluding hydrogens is 450 g/mol. The Bertz CT molecular complexity index is 843. The largest absolute Gasteiger partial charge is 0.477 e. The molecule has 0 aliphatic carbocycles. The first-order chi connectivity index (χ1) is 16.7. The van der Waals surface area contributed by atoms with Gasteiger partial charge in [-0.05, 0) is 33.3 Å². The Morgan fingerprint density at radius 1 is 1.20 bits per heavy atom. The number of hydrogen-bond acceptors (Lipinski definition) is 8. The summed E-state index contributed by atoms with van der Waals surface area (Å²) in [6, 6.07) is 10.1. The van der Waals surface area contributed by atoms with E-state index in [-0.39, 0.29) is 31.0 Å². The molecule has 1 fully saturated rings. The molecule has 2 aliphatic rings. The maximum Gasteiger partial charge on any atom is 0.210 e. The summed E-state index contributed by atoms with van der Waals surface area (Å²) in [6.07, 6.45) is 2.14. The molecule has 0 aromatic heterocycles. The van der Waals surface area contributed by atoms with E-state index in [9.17, 15) is 0 Å². The van der Waals surface area contributed by atoms with Crippen molar-refractivity contribution in [2.24, 2.45) is 10.9 Å². The minimum absolute atomic E-state index is 0.0273. The summed E-state index contributed by atoms with van der Waals surface area (Å²) < 4.78 is 42.1. The van der Waals surface area contributed by atoms with Crippen LogP contribution in [0.25, 0.3) is 0 Å². The van der Waals surface area contributed by atoms with E-state index in [1.165, 1.54) is 0 Å². The van der Waals surface area contributed by atoms with E-state index in [0.717, 1.165) is 5.56 Å². The number of allylic oxidation sites excluding steroid dienone is 1. The Kier molecular flexibility index (Phi) is 9.86. The van der Waals surface area contributed by atoms with Crippen LogP contribution in [0.2, 0.25) is 0 Å². The van der Waals surface area contributed by atoms with E-state index in [2.05, 4.69) is 11.9 Å². The van der Waals surface area contributed by atoms with Crippen LogP contribution in [0.1, 0.15) is 40.2 Å². The quantitative estimate of drug-likeness (QED) is 0.303. The zero-order valence-electron chi connectivity index (χ0n) is 22.1. The molecule has 0 unspecified atom stereocenters. The Hall–Kier alpha value is -1.81. The molecule has 3 rings (SSSR count). The van der Waals surface area contributed by atoms with E-state index in [4.69, 9.17) is 33.2 Å². The van der Waals surface area contributed by atoms with Crippen LogP contribution in [-0.4, -0.2) is 75.9 Å². The van der Waals surface area contributed by atoms with E-state index >= 15 is 0 Å². The molecule has 0 bridgehead atoms. The summed E-state index contributed by atoms with van der Waals surface area (Å²) in [4.78, 5) is 4.62. The number of benzene rings is 1. The first-order valence-electron chi connectivity index (χ1n) is 12.2. The van der Waals surface area contributed by atoms with Crippen LogP contribution < -0.4 is 0 Å². The van der Waals surface area contributed by atoms with Gasteiger partial charge in [-0.1, -0.05) is 49.4 Å². The second-order valence-corrected chi connectivity index (χ2v) is 9.90. The highest BCUT2D eigenvalue weighted by Gasteiger charge is 2.52. The molecule has 0 spiro atoms. The fourth-order valence-corrected chi connectivity index (χ4v) is 4.57. The minimum atomic E-state index is -0.882. The molecule has 8 heteroatoms. The van der Waals surface area contributed by atoms with Crippen molar-refractivity contribution in [3.05, 3.63) is 48.0 Å². The summed E-state index contributed by atoms with van der Waals surface area (Å²) in [6.45, 7) is 11.3. The minimum Gasteiger partial charge on any atom is -0.477 e. The Labute approximate surface area is 209 Å². The molecule has 2 aliphatic heterocycles. The first-order valence-corrected chi connectivity index (χ1v) is 12.2. The summed E-state index contributed by atoms with van der Waals surface area (Å²) in [5, 5.41) is 0. The zero-order valence-corrected chi connectivity index (χ0v) is 22.1. The molecule has 1 saturated heterocycles. The van der Waals surface area contributed by atoms with Gasteiger partial charge < -0.3 is 33.2 Å². The van der Waals surface area contributed by atoms with E-state index in [1.54, 1.807) is 14.2 Å². The molecule has 2 heterocycles. The molecule has 8 nitrogen and oxygen atoms in total. The molecule has 1 aromatic carbocycles. The van der Waals surface area contributed by atoms with Gasteiger partial charge in [-0.25, -0.2) is 4.99 Å². The van der Waals surface area contributed by atoms with Gasteiger partial charge in [0.05, 0.1) is 18.2 Å². The predicted molar refractivity (Wildman–Crippen MR) is 133 cm³/mol. The van der Waals surface area contributed by atoms with Crippen molar-refractivity contribution >= 4 is 5.90 Å². The number of nitrogens with zero attached hydrogens (tertiary/aromatic N) is 1. The monoisotopic (exact) mass is 491 g/mol. The average Bonchev–Trinajstić information content (AvgIpc) is 3.35. The van der Waals surface area contributed by atoms with Crippen molar-refractivity contribution in [3.63, 3.8) is 0 Å². The number of hydrogen-bond donors (Lipinski definition) is 0. The van der Waals surface area contributed by atoms with Crippen LogP contribution in [0.5, 0.6) is 0 Å². The van der Waals surface area contributed by atoms with Gasteiger partial charge in [0.15, 0.2) is 6.29 Å². The number of methoxy groups -OCH3 is 2. The van der Waals surface area contributed by atoms with Crippen molar-refractivity contribution in [1.29, 1.82) is 0 Å². The molecule has 196 valence electrons.